The Morgan fingerprint density at radius 1 is 1.31 bits per heavy atom. The first-order chi connectivity index (χ1) is 6.16. The fourth-order valence-corrected chi connectivity index (χ4v) is 1.21. The van der Waals surface area contributed by atoms with Crippen LogP contribution in [0.3, 0.4) is 0 Å². The van der Waals surface area contributed by atoms with E-state index in [1.807, 2.05) is 0 Å². The number of hydrogen-bond acceptors (Lipinski definition) is 4. The Morgan fingerprint density at radius 2 is 2.08 bits per heavy atom. The zero-order valence-electron chi connectivity index (χ0n) is 6.61. The molecule has 66 valence electrons. The lowest BCUT2D eigenvalue weighted by atomic mass is 10.0. The Kier molecular flexibility index (Phi) is 1.55. The number of rotatable bonds is 0. The highest BCUT2D eigenvalue weighted by Gasteiger charge is 2.24. The van der Waals surface area contributed by atoms with Crippen LogP contribution in [-0.4, -0.2) is 16.9 Å². The van der Waals surface area contributed by atoms with Crippen molar-refractivity contribution in [2.24, 2.45) is 0 Å². The van der Waals surface area contributed by atoms with E-state index in [0.29, 0.717) is 0 Å². The summed E-state index contributed by atoms with van der Waals surface area (Å²) in [4.78, 5) is 22.1. The lowest BCUT2D eigenvalue weighted by molar-refractivity contribution is -0.133. The van der Waals surface area contributed by atoms with Crippen LogP contribution >= 0.6 is 0 Å². The lowest BCUT2D eigenvalue weighted by Gasteiger charge is -2.13. The van der Waals surface area contributed by atoms with Crippen LogP contribution in [0.1, 0.15) is 16.8 Å². The van der Waals surface area contributed by atoms with Crippen LogP contribution in [0.5, 0.6) is 11.5 Å². The fourth-order valence-electron chi connectivity index (χ4n) is 1.21. The summed E-state index contributed by atoms with van der Waals surface area (Å²) in [5.41, 5.74) is 0.264. The number of phenolic OH excluding ortho intramolecular Hbond substituents is 1. The second kappa shape index (κ2) is 2.58. The Balaban J connectivity index is 2.55. The number of fused-ring (bicyclic) bond motifs is 1. The summed E-state index contributed by atoms with van der Waals surface area (Å²) in [5, 5.41) is 9.08. The smallest absolute Gasteiger partial charge is 0.319 e. The molecule has 4 nitrogen and oxygen atoms in total. The van der Waals surface area contributed by atoms with Gasteiger partial charge in [0, 0.05) is 0 Å². The Bertz CT molecular complexity index is 395. The van der Waals surface area contributed by atoms with Crippen LogP contribution < -0.4 is 4.74 Å². The minimum Gasteiger partial charge on any atom is -0.508 e. The van der Waals surface area contributed by atoms with Crippen molar-refractivity contribution in [2.45, 2.75) is 6.42 Å². The molecule has 0 aromatic heterocycles. The van der Waals surface area contributed by atoms with Crippen molar-refractivity contribution in [1.82, 2.24) is 0 Å². The molecule has 2 rings (SSSR count). The molecular formula is C9H6O4. The first-order valence-corrected chi connectivity index (χ1v) is 3.74. The molecule has 1 heterocycles. The van der Waals surface area contributed by atoms with E-state index in [2.05, 4.69) is 0 Å². The molecular weight excluding hydrogens is 172 g/mol. The molecule has 0 unspecified atom stereocenters. The van der Waals surface area contributed by atoms with E-state index < -0.39 is 5.97 Å². The van der Waals surface area contributed by atoms with E-state index in [4.69, 9.17) is 9.84 Å². The van der Waals surface area contributed by atoms with Crippen LogP contribution in [0.15, 0.2) is 18.2 Å². The van der Waals surface area contributed by atoms with Gasteiger partial charge in [-0.25, -0.2) is 0 Å². The van der Waals surface area contributed by atoms with Crippen molar-refractivity contribution < 1.29 is 19.4 Å². The van der Waals surface area contributed by atoms with Gasteiger partial charge in [-0.05, 0) is 18.2 Å². The van der Waals surface area contributed by atoms with Gasteiger partial charge in [-0.3, -0.25) is 9.59 Å². The Morgan fingerprint density at radius 3 is 2.85 bits per heavy atom. The molecule has 0 saturated carbocycles. The van der Waals surface area contributed by atoms with E-state index in [1.165, 1.54) is 18.2 Å². The normalized spacial score (nSPS) is 15.1. The summed E-state index contributed by atoms with van der Waals surface area (Å²) in [6.45, 7) is 0. The summed E-state index contributed by atoms with van der Waals surface area (Å²) in [6.07, 6.45) is -0.254. The summed E-state index contributed by atoms with van der Waals surface area (Å²) in [6, 6.07) is 4.06. The van der Waals surface area contributed by atoms with Gasteiger partial charge in [-0.2, -0.15) is 0 Å². The Labute approximate surface area is 73.8 Å². The molecule has 1 aromatic carbocycles. The van der Waals surface area contributed by atoms with Crippen molar-refractivity contribution >= 4 is 11.8 Å². The highest BCUT2D eigenvalue weighted by atomic mass is 16.5. The molecule has 1 aromatic rings. The molecule has 0 saturated heterocycles. The summed E-state index contributed by atoms with van der Waals surface area (Å²) in [7, 11) is 0. The first-order valence-electron chi connectivity index (χ1n) is 3.74. The van der Waals surface area contributed by atoms with Gasteiger partial charge in [0.1, 0.15) is 17.9 Å². The molecule has 0 bridgehead atoms. The van der Waals surface area contributed by atoms with Gasteiger partial charge in [-0.1, -0.05) is 0 Å². The van der Waals surface area contributed by atoms with Crippen molar-refractivity contribution in [3.63, 3.8) is 0 Å². The molecule has 0 spiro atoms. The summed E-state index contributed by atoms with van der Waals surface area (Å²) < 4.78 is 4.79. The number of hydrogen-bond donors (Lipinski definition) is 1. The Hall–Kier alpha value is -1.84. The predicted octanol–water partition coefficient (Wildman–Crippen LogP) is 0.884. The molecule has 1 aliphatic rings. The van der Waals surface area contributed by atoms with Gasteiger partial charge in [0.25, 0.3) is 0 Å². The third-order valence-corrected chi connectivity index (χ3v) is 1.79. The topological polar surface area (TPSA) is 63.6 Å². The molecule has 1 N–H and O–H groups in total. The number of Topliss-reactive ketones (excluding diaryl/α,β-unsaturated/α-hetero) is 1. The molecule has 0 fully saturated rings. The second-order valence-corrected chi connectivity index (χ2v) is 2.75. The summed E-state index contributed by atoms with van der Waals surface area (Å²) in [5.74, 6) is -0.658. The van der Waals surface area contributed by atoms with Gasteiger partial charge < -0.3 is 9.84 Å². The maximum Gasteiger partial charge on any atom is 0.319 e. The average molecular weight is 178 g/mol. The number of esters is 1. The van der Waals surface area contributed by atoms with E-state index in [9.17, 15) is 9.59 Å². The van der Waals surface area contributed by atoms with E-state index in [-0.39, 0.29) is 29.3 Å². The molecule has 0 atom stereocenters. The minimum atomic E-state index is -0.553. The number of carbonyl (C=O) groups is 2. The molecule has 13 heavy (non-hydrogen) atoms. The van der Waals surface area contributed by atoms with Crippen LogP contribution in [-0.2, 0) is 4.79 Å². The molecule has 0 radical (unpaired) electrons. The number of ether oxygens (including phenoxy) is 1. The maximum absolute atomic E-state index is 11.2. The molecule has 0 amide bonds. The maximum atomic E-state index is 11.2. The summed E-state index contributed by atoms with van der Waals surface area (Å²) >= 11 is 0. The standard InChI is InChI=1S/C9H6O4/c10-5-1-2-8-6(3-5)7(11)4-9(12)13-8/h1-3,10H,4H2. The van der Waals surface area contributed by atoms with Gasteiger partial charge in [-0.15, -0.1) is 0 Å². The number of benzene rings is 1. The number of phenols is 1. The van der Waals surface area contributed by atoms with Crippen molar-refractivity contribution in [1.29, 1.82) is 0 Å². The van der Waals surface area contributed by atoms with Crippen LogP contribution in [0.4, 0.5) is 0 Å². The van der Waals surface area contributed by atoms with Gasteiger partial charge >= 0.3 is 5.97 Å². The predicted molar refractivity (Wildman–Crippen MR) is 42.7 cm³/mol. The molecule has 4 heteroatoms. The van der Waals surface area contributed by atoms with E-state index in [1.54, 1.807) is 0 Å². The second-order valence-electron chi connectivity index (χ2n) is 2.75. The SMILES string of the molecule is O=C1CC(=O)c2cc(O)ccc2O1. The minimum absolute atomic E-state index is 0.00921. The van der Waals surface area contributed by atoms with Crippen molar-refractivity contribution in [3.8, 4) is 11.5 Å². The van der Waals surface area contributed by atoms with Gasteiger partial charge in [0.2, 0.25) is 0 Å². The van der Waals surface area contributed by atoms with E-state index in [0.717, 1.165) is 0 Å². The lowest BCUT2D eigenvalue weighted by Crippen LogP contribution is -2.21. The van der Waals surface area contributed by atoms with Crippen molar-refractivity contribution in [2.75, 3.05) is 0 Å². The monoisotopic (exact) mass is 178 g/mol. The third-order valence-electron chi connectivity index (χ3n) is 1.79. The third kappa shape index (κ3) is 1.26. The van der Waals surface area contributed by atoms with Gasteiger partial charge in [0.15, 0.2) is 5.78 Å². The van der Waals surface area contributed by atoms with E-state index >= 15 is 0 Å². The largest absolute Gasteiger partial charge is 0.508 e. The molecule has 0 aliphatic carbocycles. The first kappa shape index (κ1) is 7.79. The highest BCUT2D eigenvalue weighted by molar-refractivity contribution is 6.11. The zero-order chi connectivity index (χ0) is 9.42. The quantitative estimate of drug-likeness (QED) is 0.364. The van der Waals surface area contributed by atoms with Crippen LogP contribution in [0.2, 0.25) is 0 Å². The van der Waals surface area contributed by atoms with Gasteiger partial charge in [0.05, 0.1) is 5.56 Å². The van der Waals surface area contributed by atoms with Crippen LogP contribution in [0.25, 0.3) is 0 Å². The average Bonchev–Trinajstić information content (AvgIpc) is 2.06. The highest BCUT2D eigenvalue weighted by Crippen LogP contribution is 2.28. The number of carbonyl (C=O) groups excluding carboxylic acids is 2. The number of aromatic hydroxyl groups is 1. The zero-order valence-corrected chi connectivity index (χ0v) is 6.61. The molecule has 1 aliphatic heterocycles. The van der Waals surface area contributed by atoms with Crippen molar-refractivity contribution in [3.05, 3.63) is 23.8 Å². The van der Waals surface area contributed by atoms with Crippen LogP contribution in [0, 0.1) is 0 Å². The number of ketones is 1. The fraction of sp³-hybridized carbons (Fsp3) is 0.111.